The molecule has 23 heavy (non-hydrogen) atoms. The maximum atomic E-state index is 12.4. The number of benzene rings is 1. The van der Waals surface area contributed by atoms with Crippen LogP contribution in [0, 0.1) is 13.8 Å². The van der Waals surface area contributed by atoms with E-state index in [4.69, 9.17) is 0 Å². The summed E-state index contributed by atoms with van der Waals surface area (Å²) < 4.78 is 1.66. The third kappa shape index (κ3) is 3.27. The van der Waals surface area contributed by atoms with Crippen LogP contribution in [0.25, 0.3) is 5.69 Å². The smallest absolute Gasteiger partial charge is 0.274 e. The van der Waals surface area contributed by atoms with Gasteiger partial charge in [0, 0.05) is 0 Å². The van der Waals surface area contributed by atoms with Crippen LogP contribution in [0.2, 0.25) is 0 Å². The Bertz CT molecular complexity index is 693. The number of aromatic nitrogens is 3. The van der Waals surface area contributed by atoms with Gasteiger partial charge in [-0.25, -0.2) is 4.68 Å². The molecule has 1 aliphatic carbocycles. The second-order valence-electron chi connectivity index (χ2n) is 6.20. The molecule has 2 unspecified atom stereocenters. The molecule has 2 N–H and O–H groups in total. The van der Waals surface area contributed by atoms with Gasteiger partial charge in [-0.1, -0.05) is 35.8 Å². The Kier molecular flexibility index (Phi) is 4.43. The van der Waals surface area contributed by atoms with E-state index in [0.29, 0.717) is 11.4 Å². The number of nitrogens with one attached hydrogen (secondary N) is 1. The maximum absolute atomic E-state index is 12.4. The zero-order valence-electron chi connectivity index (χ0n) is 13.5. The van der Waals surface area contributed by atoms with Gasteiger partial charge in [0.1, 0.15) is 0 Å². The molecule has 6 nitrogen and oxygen atoms in total. The van der Waals surface area contributed by atoms with E-state index in [1.165, 1.54) is 0 Å². The van der Waals surface area contributed by atoms with Crippen LogP contribution in [0.15, 0.2) is 24.3 Å². The third-order valence-corrected chi connectivity index (χ3v) is 4.43. The molecule has 3 rings (SSSR count). The minimum Gasteiger partial charge on any atom is -0.391 e. The van der Waals surface area contributed by atoms with Crippen LogP contribution in [-0.2, 0) is 0 Å². The highest BCUT2D eigenvalue weighted by Gasteiger charge is 2.27. The first kappa shape index (κ1) is 15.7. The molecule has 1 amide bonds. The summed E-state index contributed by atoms with van der Waals surface area (Å²) in [5, 5.41) is 21.0. The molecule has 0 spiro atoms. The highest BCUT2D eigenvalue weighted by Crippen LogP contribution is 2.19. The van der Waals surface area contributed by atoms with Crippen LogP contribution in [0.3, 0.4) is 0 Å². The van der Waals surface area contributed by atoms with Crippen LogP contribution in [0.5, 0.6) is 0 Å². The SMILES string of the molecule is Cc1ccc(-n2nnc(C(=O)NC3CCCCC3O)c2C)cc1. The fourth-order valence-corrected chi connectivity index (χ4v) is 2.99. The number of amides is 1. The maximum Gasteiger partial charge on any atom is 0.274 e. The molecule has 122 valence electrons. The average molecular weight is 314 g/mol. The Morgan fingerprint density at radius 2 is 1.91 bits per heavy atom. The van der Waals surface area contributed by atoms with E-state index in [9.17, 15) is 9.90 Å². The van der Waals surface area contributed by atoms with Gasteiger partial charge in [0.15, 0.2) is 5.69 Å². The summed E-state index contributed by atoms with van der Waals surface area (Å²) in [5.41, 5.74) is 3.04. The van der Waals surface area contributed by atoms with Gasteiger partial charge in [0.2, 0.25) is 0 Å². The Morgan fingerprint density at radius 1 is 1.22 bits per heavy atom. The van der Waals surface area contributed by atoms with Crippen molar-refractivity contribution < 1.29 is 9.90 Å². The lowest BCUT2D eigenvalue weighted by atomic mass is 9.92. The summed E-state index contributed by atoms with van der Waals surface area (Å²) in [7, 11) is 0. The number of carbonyl (C=O) groups is 1. The van der Waals surface area contributed by atoms with Crippen molar-refractivity contribution in [1.82, 2.24) is 20.3 Å². The van der Waals surface area contributed by atoms with Crippen LogP contribution in [0.4, 0.5) is 0 Å². The fraction of sp³-hybridized carbons (Fsp3) is 0.471. The Balaban J connectivity index is 1.78. The zero-order valence-corrected chi connectivity index (χ0v) is 13.5. The molecule has 1 aromatic carbocycles. The molecule has 0 bridgehead atoms. The fourth-order valence-electron chi connectivity index (χ4n) is 2.99. The summed E-state index contributed by atoms with van der Waals surface area (Å²) in [4.78, 5) is 12.4. The normalized spacial score (nSPS) is 21.2. The largest absolute Gasteiger partial charge is 0.391 e. The highest BCUT2D eigenvalue weighted by molar-refractivity contribution is 5.93. The van der Waals surface area contributed by atoms with Crippen molar-refractivity contribution in [3.63, 3.8) is 0 Å². The number of carbonyl (C=O) groups excluding carboxylic acids is 1. The van der Waals surface area contributed by atoms with Crippen LogP contribution >= 0.6 is 0 Å². The first-order chi connectivity index (χ1) is 11.1. The molecule has 2 atom stereocenters. The number of hydrogen-bond donors (Lipinski definition) is 2. The van der Waals surface area contributed by atoms with Gasteiger partial charge in [-0.15, -0.1) is 5.10 Å². The molecule has 1 aromatic heterocycles. The Hall–Kier alpha value is -2.21. The molecule has 6 heteroatoms. The van der Waals surface area contributed by atoms with Crippen LogP contribution in [0.1, 0.15) is 47.4 Å². The van der Waals surface area contributed by atoms with Gasteiger partial charge in [-0.3, -0.25) is 4.79 Å². The van der Waals surface area contributed by atoms with Gasteiger partial charge in [0.05, 0.1) is 23.5 Å². The van der Waals surface area contributed by atoms with Crippen molar-refractivity contribution in [1.29, 1.82) is 0 Å². The van der Waals surface area contributed by atoms with Crippen molar-refractivity contribution in [2.45, 2.75) is 51.7 Å². The second-order valence-corrected chi connectivity index (χ2v) is 6.20. The zero-order chi connectivity index (χ0) is 16.4. The standard InChI is InChI=1S/C17H22N4O2/c1-11-7-9-13(10-8-11)21-12(2)16(19-20-21)17(23)18-14-5-3-4-6-15(14)22/h7-10,14-15,22H,3-6H2,1-2H3,(H,18,23). The molecule has 1 saturated carbocycles. The van der Waals surface area contributed by atoms with Crippen molar-refractivity contribution >= 4 is 5.91 Å². The average Bonchev–Trinajstić information content (AvgIpc) is 2.92. The molecule has 1 aliphatic rings. The molecule has 0 saturated heterocycles. The minimum atomic E-state index is -0.472. The predicted molar refractivity (Wildman–Crippen MR) is 86.6 cm³/mol. The van der Waals surface area contributed by atoms with Crippen LogP contribution < -0.4 is 5.32 Å². The molecule has 1 heterocycles. The van der Waals surface area contributed by atoms with E-state index in [2.05, 4.69) is 15.6 Å². The monoisotopic (exact) mass is 314 g/mol. The van der Waals surface area contributed by atoms with Gasteiger partial charge >= 0.3 is 0 Å². The van der Waals surface area contributed by atoms with E-state index in [-0.39, 0.29) is 11.9 Å². The van der Waals surface area contributed by atoms with E-state index >= 15 is 0 Å². The number of nitrogens with zero attached hydrogens (tertiary/aromatic N) is 3. The van der Waals surface area contributed by atoms with E-state index < -0.39 is 6.10 Å². The molecule has 1 fully saturated rings. The number of aliphatic hydroxyl groups excluding tert-OH is 1. The number of rotatable bonds is 3. The summed E-state index contributed by atoms with van der Waals surface area (Å²) in [6, 6.07) is 7.69. The van der Waals surface area contributed by atoms with E-state index in [1.807, 2.05) is 38.1 Å². The first-order valence-corrected chi connectivity index (χ1v) is 8.04. The number of hydrogen-bond acceptors (Lipinski definition) is 4. The lowest BCUT2D eigenvalue weighted by molar-refractivity contribution is 0.0713. The second kappa shape index (κ2) is 6.50. The number of aliphatic hydroxyl groups is 1. The quantitative estimate of drug-likeness (QED) is 0.907. The van der Waals surface area contributed by atoms with E-state index in [1.54, 1.807) is 4.68 Å². The van der Waals surface area contributed by atoms with Crippen molar-refractivity contribution in [2.24, 2.45) is 0 Å². The third-order valence-electron chi connectivity index (χ3n) is 4.43. The Morgan fingerprint density at radius 3 is 2.61 bits per heavy atom. The molecular weight excluding hydrogens is 292 g/mol. The lowest BCUT2D eigenvalue weighted by Crippen LogP contribution is -2.45. The molecule has 0 radical (unpaired) electrons. The van der Waals surface area contributed by atoms with Gasteiger partial charge in [0.25, 0.3) is 5.91 Å². The summed E-state index contributed by atoms with van der Waals surface area (Å²) in [6.07, 6.45) is 3.10. The van der Waals surface area contributed by atoms with Crippen LogP contribution in [-0.4, -0.2) is 38.2 Å². The Labute approximate surface area is 135 Å². The molecule has 2 aromatic rings. The molecule has 0 aliphatic heterocycles. The topological polar surface area (TPSA) is 80.0 Å². The van der Waals surface area contributed by atoms with Gasteiger partial charge in [-0.2, -0.15) is 0 Å². The summed E-state index contributed by atoms with van der Waals surface area (Å²) >= 11 is 0. The van der Waals surface area contributed by atoms with Gasteiger partial charge < -0.3 is 10.4 Å². The first-order valence-electron chi connectivity index (χ1n) is 8.04. The van der Waals surface area contributed by atoms with Gasteiger partial charge in [-0.05, 0) is 38.8 Å². The van der Waals surface area contributed by atoms with Crippen molar-refractivity contribution in [3.05, 3.63) is 41.2 Å². The lowest BCUT2D eigenvalue weighted by Gasteiger charge is -2.28. The minimum absolute atomic E-state index is 0.194. The predicted octanol–water partition coefficient (Wildman–Crippen LogP) is 1.92. The number of aryl methyl sites for hydroxylation is 1. The van der Waals surface area contributed by atoms with Crippen molar-refractivity contribution in [3.8, 4) is 5.69 Å². The highest BCUT2D eigenvalue weighted by atomic mass is 16.3. The summed E-state index contributed by atoms with van der Waals surface area (Å²) in [6.45, 7) is 3.85. The molecular formula is C17H22N4O2. The summed E-state index contributed by atoms with van der Waals surface area (Å²) in [5.74, 6) is -0.271. The van der Waals surface area contributed by atoms with E-state index in [0.717, 1.165) is 36.9 Å². The van der Waals surface area contributed by atoms with Crippen molar-refractivity contribution in [2.75, 3.05) is 0 Å².